The van der Waals surface area contributed by atoms with Gasteiger partial charge in [-0.25, -0.2) is 0 Å². The number of nitrogens with one attached hydrogen (secondary N) is 1. The lowest BCUT2D eigenvalue weighted by Crippen LogP contribution is -1.88. The molecule has 0 saturated heterocycles. The molecule has 0 bridgehead atoms. The van der Waals surface area contributed by atoms with Crippen LogP contribution in [-0.4, -0.2) is 14.8 Å². The van der Waals surface area contributed by atoms with E-state index in [1.165, 1.54) is 0 Å². The fourth-order valence-electron chi connectivity index (χ4n) is 0.913. The van der Waals surface area contributed by atoms with Crippen molar-refractivity contribution in [3.8, 4) is 5.82 Å². The predicted molar refractivity (Wildman–Crippen MR) is 45.6 cm³/mol. The van der Waals surface area contributed by atoms with Crippen LogP contribution in [0.3, 0.4) is 0 Å². The molecule has 2 aromatic heterocycles. The molecule has 11 heavy (non-hydrogen) atoms. The fourth-order valence-corrected chi connectivity index (χ4v) is 1.25. The Morgan fingerprint density at radius 3 is 2.91 bits per heavy atom. The third-order valence-corrected chi connectivity index (χ3v) is 1.89. The highest BCUT2D eigenvalue weighted by Crippen LogP contribution is 2.12. The smallest absolute Gasteiger partial charge is 0.132 e. The molecule has 3 nitrogen and oxygen atoms in total. The van der Waals surface area contributed by atoms with E-state index in [1.54, 1.807) is 6.20 Å². The summed E-state index contributed by atoms with van der Waals surface area (Å²) in [6, 6.07) is 3.88. The molecule has 0 amide bonds. The third kappa shape index (κ3) is 1.21. The number of nitrogens with zero attached hydrogens (tertiary/aromatic N) is 2. The molecule has 0 aliphatic rings. The molecule has 2 aromatic rings. The lowest BCUT2D eigenvalue weighted by Gasteiger charge is -1.94. The monoisotopic (exact) mass is 211 g/mol. The van der Waals surface area contributed by atoms with Crippen LogP contribution in [0.5, 0.6) is 0 Å². The van der Waals surface area contributed by atoms with Gasteiger partial charge in [0, 0.05) is 22.9 Å². The number of aromatic nitrogens is 3. The second-order valence-electron chi connectivity index (χ2n) is 2.18. The van der Waals surface area contributed by atoms with Gasteiger partial charge in [-0.15, -0.1) is 0 Å². The van der Waals surface area contributed by atoms with E-state index in [4.69, 9.17) is 0 Å². The maximum atomic E-state index is 3.85. The Kier molecular flexibility index (Phi) is 1.54. The molecular formula is C7H6BrN3. The van der Waals surface area contributed by atoms with Gasteiger partial charge >= 0.3 is 0 Å². The summed E-state index contributed by atoms with van der Waals surface area (Å²) in [6.07, 6.45) is 5.65. The Balaban J connectivity index is 2.45. The minimum absolute atomic E-state index is 0.968. The Hall–Kier alpha value is -1.03. The summed E-state index contributed by atoms with van der Waals surface area (Å²) in [7, 11) is 0. The van der Waals surface area contributed by atoms with Crippen molar-refractivity contribution in [2.24, 2.45) is 0 Å². The van der Waals surface area contributed by atoms with E-state index in [0.717, 1.165) is 10.3 Å². The van der Waals surface area contributed by atoms with Crippen LogP contribution in [0, 0.1) is 0 Å². The van der Waals surface area contributed by atoms with E-state index in [2.05, 4.69) is 26.1 Å². The topological polar surface area (TPSA) is 33.6 Å². The van der Waals surface area contributed by atoms with Crippen LogP contribution < -0.4 is 0 Å². The van der Waals surface area contributed by atoms with Gasteiger partial charge in [-0.3, -0.25) is 5.10 Å². The summed E-state index contributed by atoms with van der Waals surface area (Å²) < 4.78 is 3.02. The number of hydrogen-bond donors (Lipinski definition) is 1. The molecule has 0 fully saturated rings. The molecule has 0 aromatic carbocycles. The summed E-state index contributed by atoms with van der Waals surface area (Å²) >= 11 is 3.36. The van der Waals surface area contributed by atoms with Gasteiger partial charge in [0.25, 0.3) is 0 Å². The lowest BCUT2D eigenvalue weighted by atomic mass is 10.6. The molecule has 0 unspecified atom stereocenters. The Bertz CT molecular complexity index is 336. The number of aromatic amines is 1. The highest BCUT2D eigenvalue weighted by Gasteiger charge is 1.95. The van der Waals surface area contributed by atoms with Crippen LogP contribution in [0.2, 0.25) is 0 Å². The average Bonchev–Trinajstić information content (AvgIpc) is 2.55. The van der Waals surface area contributed by atoms with Gasteiger partial charge in [-0.2, -0.15) is 5.10 Å². The fraction of sp³-hybridized carbons (Fsp3) is 0. The minimum atomic E-state index is 0.968. The van der Waals surface area contributed by atoms with E-state index in [-0.39, 0.29) is 0 Å². The van der Waals surface area contributed by atoms with Crippen molar-refractivity contribution in [3.63, 3.8) is 0 Å². The first kappa shape index (κ1) is 6.67. The first-order valence-electron chi connectivity index (χ1n) is 3.19. The second kappa shape index (κ2) is 2.54. The normalized spacial score (nSPS) is 10.3. The molecule has 2 rings (SSSR count). The summed E-state index contributed by atoms with van der Waals surface area (Å²) in [5, 5.41) is 6.71. The zero-order valence-corrected chi connectivity index (χ0v) is 7.25. The van der Waals surface area contributed by atoms with Crippen molar-refractivity contribution in [3.05, 3.63) is 35.2 Å². The van der Waals surface area contributed by atoms with Crippen molar-refractivity contribution < 1.29 is 0 Å². The molecule has 0 atom stereocenters. The Morgan fingerprint density at radius 1 is 1.45 bits per heavy atom. The third-order valence-electron chi connectivity index (χ3n) is 1.42. The molecular weight excluding hydrogens is 206 g/mol. The molecule has 0 radical (unpaired) electrons. The van der Waals surface area contributed by atoms with Crippen molar-refractivity contribution in [2.45, 2.75) is 0 Å². The van der Waals surface area contributed by atoms with Crippen LogP contribution in [0.25, 0.3) is 5.82 Å². The first-order valence-corrected chi connectivity index (χ1v) is 3.99. The largest absolute Gasteiger partial charge is 0.308 e. The van der Waals surface area contributed by atoms with Crippen LogP contribution in [0.15, 0.2) is 35.2 Å². The summed E-state index contributed by atoms with van der Waals surface area (Å²) in [5.41, 5.74) is 0. The van der Waals surface area contributed by atoms with Crippen molar-refractivity contribution in [1.29, 1.82) is 0 Å². The summed E-state index contributed by atoms with van der Waals surface area (Å²) in [4.78, 5) is 0. The Morgan fingerprint density at radius 2 is 2.36 bits per heavy atom. The van der Waals surface area contributed by atoms with Crippen LogP contribution >= 0.6 is 15.9 Å². The van der Waals surface area contributed by atoms with E-state index in [9.17, 15) is 0 Å². The average molecular weight is 212 g/mol. The number of rotatable bonds is 1. The molecule has 0 aliphatic heterocycles. The van der Waals surface area contributed by atoms with Gasteiger partial charge in [0.15, 0.2) is 0 Å². The Labute approximate surface area is 72.2 Å². The summed E-state index contributed by atoms with van der Waals surface area (Å²) in [6.45, 7) is 0. The second-order valence-corrected chi connectivity index (χ2v) is 3.09. The highest BCUT2D eigenvalue weighted by atomic mass is 79.9. The van der Waals surface area contributed by atoms with Gasteiger partial charge in [0.05, 0.1) is 6.20 Å². The molecule has 0 aliphatic carbocycles. The number of halogens is 1. The zero-order valence-electron chi connectivity index (χ0n) is 5.66. The van der Waals surface area contributed by atoms with Gasteiger partial charge in [0.1, 0.15) is 5.82 Å². The molecule has 1 N–H and O–H groups in total. The zero-order chi connectivity index (χ0) is 7.68. The molecule has 0 spiro atoms. The van der Waals surface area contributed by atoms with E-state index < -0.39 is 0 Å². The maximum absolute atomic E-state index is 3.85. The van der Waals surface area contributed by atoms with Gasteiger partial charge in [0.2, 0.25) is 0 Å². The first-order chi connectivity index (χ1) is 5.36. The molecule has 0 saturated carbocycles. The number of hydrogen-bond acceptors (Lipinski definition) is 1. The van der Waals surface area contributed by atoms with Crippen LogP contribution in [-0.2, 0) is 0 Å². The van der Waals surface area contributed by atoms with E-state index >= 15 is 0 Å². The molecule has 56 valence electrons. The minimum Gasteiger partial charge on any atom is -0.308 e. The number of H-pyrrole nitrogens is 1. The van der Waals surface area contributed by atoms with Crippen molar-refractivity contribution in [2.75, 3.05) is 0 Å². The van der Waals surface area contributed by atoms with E-state index in [1.807, 2.05) is 29.1 Å². The van der Waals surface area contributed by atoms with E-state index in [0.29, 0.717) is 0 Å². The van der Waals surface area contributed by atoms with Crippen LogP contribution in [0.1, 0.15) is 0 Å². The van der Waals surface area contributed by atoms with Gasteiger partial charge in [-0.05, 0) is 22.0 Å². The van der Waals surface area contributed by atoms with Crippen LogP contribution in [0.4, 0.5) is 0 Å². The maximum Gasteiger partial charge on any atom is 0.132 e. The standard InChI is InChI=1S/C7H6BrN3/c8-6-2-4-11(5-6)7-1-3-9-10-7/h1-5H,(H,9,10). The summed E-state index contributed by atoms with van der Waals surface area (Å²) in [5.74, 6) is 0.968. The van der Waals surface area contributed by atoms with Crippen molar-refractivity contribution >= 4 is 15.9 Å². The lowest BCUT2D eigenvalue weighted by molar-refractivity contribution is 0.964. The predicted octanol–water partition coefficient (Wildman–Crippen LogP) is 1.96. The van der Waals surface area contributed by atoms with Gasteiger partial charge < -0.3 is 4.57 Å². The molecule has 4 heteroatoms. The van der Waals surface area contributed by atoms with Gasteiger partial charge in [-0.1, -0.05) is 0 Å². The highest BCUT2D eigenvalue weighted by molar-refractivity contribution is 9.10. The van der Waals surface area contributed by atoms with Crippen molar-refractivity contribution in [1.82, 2.24) is 14.8 Å². The quantitative estimate of drug-likeness (QED) is 0.770. The molecule has 2 heterocycles. The SMILES string of the molecule is Brc1ccn(-c2ccn[nH]2)c1.